The molecule has 0 saturated heterocycles. The smallest absolute Gasteiger partial charge is 0.251 e. The van der Waals surface area contributed by atoms with Crippen molar-refractivity contribution in [1.29, 1.82) is 0 Å². The Morgan fingerprint density at radius 2 is 1.84 bits per heavy atom. The Bertz CT molecular complexity index is 694. The molecule has 136 valence electrons. The van der Waals surface area contributed by atoms with Gasteiger partial charge in [0.15, 0.2) is 5.16 Å². The summed E-state index contributed by atoms with van der Waals surface area (Å²) in [5.74, 6) is 2.19. The zero-order valence-electron chi connectivity index (χ0n) is 15.7. The second-order valence-electron chi connectivity index (χ2n) is 6.51. The first-order chi connectivity index (χ1) is 12.0. The number of rotatable bonds is 8. The molecule has 0 aliphatic heterocycles. The van der Waals surface area contributed by atoms with Crippen molar-refractivity contribution in [3.63, 3.8) is 0 Å². The average molecular weight is 361 g/mol. The predicted molar refractivity (Wildman–Crippen MR) is 103 cm³/mol. The van der Waals surface area contributed by atoms with E-state index in [4.69, 9.17) is 0 Å². The van der Waals surface area contributed by atoms with Crippen LogP contribution in [0.1, 0.15) is 68.7 Å². The predicted octanol–water partition coefficient (Wildman–Crippen LogP) is 4.24. The van der Waals surface area contributed by atoms with Gasteiger partial charge in [-0.1, -0.05) is 44.7 Å². The van der Waals surface area contributed by atoms with E-state index in [0.717, 1.165) is 29.7 Å². The second-order valence-corrected chi connectivity index (χ2v) is 7.45. The standard InChI is InChI=1S/C19H28N4OS/c1-6-14(5)20-18(24)16-10-8-15(9-11-16)12-25-19-22-21-17(13(3)4)23(19)7-2/h8-11,13-14H,6-7,12H2,1-5H3,(H,20,24). The number of hydrogen-bond donors (Lipinski definition) is 1. The third kappa shape index (κ3) is 5.08. The highest BCUT2D eigenvalue weighted by atomic mass is 32.2. The summed E-state index contributed by atoms with van der Waals surface area (Å²) in [7, 11) is 0. The van der Waals surface area contributed by atoms with Gasteiger partial charge in [0.2, 0.25) is 0 Å². The largest absolute Gasteiger partial charge is 0.350 e. The molecule has 1 aromatic heterocycles. The third-order valence-electron chi connectivity index (χ3n) is 4.15. The summed E-state index contributed by atoms with van der Waals surface area (Å²) < 4.78 is 2.17. The van der Waals surface area contributed by atoms with Gasteiger partial charge in [-0.2, -0.15) is 0 Å². The summed E-state index contributed by atoms with van der Waals surface area (Å²) in [6.07, 6.45) is 0.928. The van der Waals surface area contributed by atoms with Crippen LogP contribution in [0.25, 0.3) is 0 Å². The van der Waals surface area contributed by atoms with Gasteiger partial charge in [0, 0.05) is 29.8 Å². The summed E-state index contributed by atoms with van der Waals surface area (Å²) in [6.45, 7) is 11.3. The molecule has 1 atom stereocenters. The van der Waals surface area contributed by atoms with Gasteiger partial charge in [0.05, 0.1) is 0 Å². The number of nitrogens with zero attached hydrogens (tertiary/aromatic N) is 3. The fraction of sp³-hybridized carbons (Fsp3) is 0.526. The van der Waals surface area contributed by atoms with Gasteiger partial charge < -0.3 is 9.88 Å². The Labute approximate surface area is 154 Å². The maximum Gasteiger partial charge on any atom is 0.251 e. The quantitative estimate of drug-likeness (QED) is 0.715. The Balaban J connectivity index is 1.99. The number of carbonyl (C=O) groups is 1. The lowest BCUT2D eigenvalue weighted by Gasteiger charge is -2.11. The van der Waals surface area contributed by atoms with Crippen LogP contribution < -0.4 is 5.32 Å². The molecule has 1 heterocycles. The molecule has 0 fully saturated rings. The van der Waals surface area contributed by atoms with Gasteiger partial charge in [-0.3, -0.25) is 4.79 Å². The number of carbonyl (C=O) groups excluding carboxylic acids is 1. The first-order valence-corrected chi connectivity index (χ1v) is 9.90. The topological polar surface area (TPSA) is 59.8 Å². The molecular formula is C19H28N4OS. The van der Waals surface area contributed by atoms with Crippen LogP contribution in [-0.4, -0.2) is 26.7 Å². The van der Waals surface area contributed by atoms with Gasteiger partial charge in [-0.25, -0.2) is 0 Å². The molecule has 2 aromatic rings. The van der Waals surface area contributed by atoms with Gasteiger partial charge in [-0.15, -0.1) is 10.2 Å². The molecule has 0 saturated carbocycles. The molecule has 25 heavy (non-hydrogen) atoms. The lowest BCUT2D eigenvalue weighted by atomic mass is 10.1. The van der Waals surface area contributed by atoms with Crippen LogP contribution in [0.15, 0.2) is 29.4 Å². The van der Waals surface area contributed by atoms with Gasteiger partial charge >= 0.3 is 0 Å². The fourth-order valence-electron chi connectivity index (χ4n) is 2.44. The summed E-state index contributed by atoms with van der Waals surface area (Å²) >= 11 is 1.68. The first-order valence-electron chi connectivity index (χ1n) is 8.91. The molecule has 1 amide bonds. The van der Waals surface area contributed by atoms with Crippen LogP contribution in [0, 0.1) is 0 Å². The van der Waals surface area contributed by atoms with Crippen LogP contribution in [0.3, 0.4) is 0 Å². The summed E-state index contributed by atoms with van der Waals surface area (Å²) in [4.78, 5) is 12.1. The number of nitrogens with one attached hydrogen (secondary N) is 1. The highest BCUT2D eigenvalue weighted by Gasteiger charge is 2.14. The van der Waals surface area contributed by atoms with Crippen molar-refractivity contribution in [1.82, 2.24) is 20.1 Å². The van der Waals surface area contributed by atoms with Crippen molar-refractivity contribution < 1.29 is 4.79 Å². The maximum absolute atomic E-state index is 12.1. The fourth-order valence-corrected chi connectivity index (χ4v) is 3.41. The van der Waals surface area contributed by atoms with E-state index >= 15 is 0 Å². The SMILES string of the molecule is CCC(C)NC(=O)c1ccc(CSc2nnc(C(C)C)n2CC)cc1. The monoisotopic (exact) mass is 360 g/mol. The highest BCUT2D eigenvalue weighted by molar-refractivity contribution is 7.98. The van der Waals surface area contributed by atoms with E-state index in [-0.39, 0.29) is 11.9 Å². The summed E-state index contributed by atoms with van der Waals surface area (Å²) in [5.41, 5.74) is 1.87. The van der Waals surface area contributed by atoms with Gasteiger partial charge in [-0.05, 0) is 38.0 Å². The van der Waals surface area contributed by atoms with Crippen LogP contribution in [-0.2, 0) is 12.3 Å². The van der Waals surface area contributed by atoms with Gasteiger partial charge in [0.25, 0.3) is 5.91 Å². The Hall–Kier alpha value is -1.82. The highest BCUT2D eigenvalue weighted by Crippen LogP contribution is 2.24. The number of hydrogen-bond acceptors (Lipinski definition) is 4. The second kappa shape index (κ2) is 9.04. The average Bonchev–Trinajstić information content (AvgIpc) is 3.03. The molecule has 0 aliphatic carbocycles. The number of thioether (sulfide) groups is 1. The van der Waals surface area contributed by atoms with Crippen molar-refractivity contribution in [2.75, 3.05) is 0 Å². The van der Waals surface area contributed by atoms with Gasteiger partial charge in [0.1, 0.15) is 5.82 Å². The molecule has 0 radical (unpaired) electrons. The maximum atomic E-state index is 12.1. The minimum Gasteiger partial charge on any atom is -0.350 e. The molecule has 0 bridgehead atoms. The van der Waals surface area contributed by atoms with E-state index in [0.29, 0.717) is 11.5 Å². The van der Waals surface area contributed by atoms with Crippen LogP contribution in [0.4, 0.5) is 0 Å². The molecule has 0 spiro atoms. The Morgan fingerprint density at radius 3 is 2.40 bits per heavy atom. The van der Waals surface area contributed by atoms with E-state index < -0.39 is 0 Å². The normalized spacial score (nSPS) is 12.4. The van der Waals surface area contributed by atoms with Crippen molar-refractivity contribution in [3.8, 4) is 0 Å². The van der Waals surface area contributed by atoms with Crippen LogP contribution >= 0.6 is 11.8 Å². The van der Waals surface area contributed by atoms with Crippen molar-refractivity contribution in [2.45, 2.75) is 70.5 Å². The Kier molecular flexibility index (Phi) is 7.05. The molecule has 1 aromatic carbocycles. The molecule has 1 unspecified atom stereocenters. The Morgan fingerprint density at radius 1 is 1.16 bits per heavy atom. The van der Waals surface area contributed by atoms with E-state index in [1.54, 1.807) is 11.8 Å². The van der Waals surface area contributed by atoms with E-state index in [1.807, 2.05) is 31.2 Å². The molecule has 0 aliphatic rings. The third-order valence-corrected chi connectivity index (χ3v) is 5.19. The molecule has 6 heteroatoms. The van der Waals surface area contributed by atoms with E-state index in [2.05, 4.69) is 47.8 Å². The van der Waals surface area contributed by atoms with E-state index in [9.17, 15) is 4.79 Å². The first kappa shape index (κ1) is 19.5. The minimum absolute atomic E-state index is 0.0131. The lowest BCUT2D eigenvalue weighted by molar-refractivity contribution is 0.0939. The van der Waals surface area contributed by atoms with Crippen molar-refractivity contribution in [2.24, 2.45) is 0 Å². The summed E-state index contributed by atoms with van der Waals surface area (Å²) in [5, 5.41) is 12.6. The molecule has 5 nitrogen and oxygen atoms in total. The number of amides is 1. The minimum atomic E-state index is -0.0131. The summed E-state index contributed by atoms with van der Waals surface area (Å²) in [6, 6.07) is 7.98. The van der Waals surface area contributed by atoms with Crippen LogP contribution in [0.2, 0.25) is 0 Å². The number of aromatic nitrogens is 3. The number of benzene rings is 1. The van der Waals surface area contributed by atoms with Crippen LogP contribution in [0.5, 0.6) is 0 Å². The molecular weight excluding hydrogens is 332 g/mol. The van der Waals surface area contributed by atoms with E-state index in [1.165, 1.54) is 5.56 Å². The molecule has 1 N–H and O–H groups in total. The van der Waals surface area contributed by atoms with Crippen molar-refractivity contribution in [3.05, 3.63) is 41.2 Å². The molecule has 2 rings (SSSR count). The lowest BCUT2D eigenvalue weighted by Crippen LogP contribution is -2.31. The van der Waals surface area contributed by atoms with Crippen molar-refractivity contribution >= 4 is 17.7 Å². The zero-order valence-corrected chi connectivity index (χ0v) is 16.6. The zero-order chi connectivity index (χ0) is 18.4.